The Labute approximate surface area is 173 Å². The predicted molar refractivity (Wildman–Crippen MR) is 107 cm³/mol. The molecule has 2 heterocycles. The van der Waals surface area contributed by atoms with Crippen molar-refractivity contribution in [3.05, 3.63) is 71.3 Å². The average molecular weight is 418 g/mol. The Balaban J connectivity index is 0.00000240. The summed E-state index contributed by atoms with van der Waals surface area (Å²) < 4.78 is 20.7. The number of rotatable bonds is 5. The molecule has 0 fully saturated rings. The first-order chi connectivity index (χ1) is 13.6. The smallest absolute Gasteiger partial charge is 0.227 e. The third kappa shape index (κ3) is 4.72. The molecule has 29 heavy (non-hydrogen) atoms. The third-order valence-electron chi connectivity index (χ3n) is 4.69. The molecule has 1 amide bonds. The van der Waals surface area contributed by atoms with Gasteiger partial charge < -0.3 is 15.8 Å². The molecule has 2 aromatic carbocycles. The zero-order chi connectivity index (χ0) is 19.5. The number of ether oxygens (including phenoxy) is 1. The van der Waals surface area contributed by atoms with E-state index in [2.05, 4.69) is 15.6 Å². The van der Waals surface area contributed by atoms with E-state index in [0.717, 1.165) is 16.8 Å². The van der Waals surface area contributed by atoms with Crippen LogP contribution in [0, 0.1) is 11.7 Å². The monoisotopic (exact) mass is 417 g/mol. The van der Waals surface area contributed by atoms with Gasteiger partial charge in [-0.3, -0.25) is 4.79 Å². The highest BCUT2D eigenvalue weighted by molar-refractivity contribution is 5.85. The van der Waals surface area contributed by atoms with Crippen LogP contribution in [0.3, 0.4) is 0 Å². The number of nitrogens with zero attached hydrogens (tertiary/aromatic N) is 3. The Hall–Kier alpha value is -2.97. The molecule has 3 N–H and O–H groups in total. The summed E-state index contributed by atoms with van der Waals surface area (Å²) >= 11 is 0. The number of hydrogen-bond acceptors (Lipinski definition) is 5. The van der Waals surface area contributed by atoms with Crippen LogP contribution in [0.2, 0.25) is 0 Å². The zero-order valence-electron chi connectivity index (χ0n) is 15.5. The van der Waals surface area contributed by atoms with E-state index in [1.807, 2.05) is 24.3 Å². The maximum atomic E-state index is 13.4. The molecule has 1 aromatic heterocycles. The van der Waals surface area contributed by atoms with E-state index >= 15 is 0 Å². The Morgan fingerprint density at radius 1 is 1.31 bits per heavy atom. The van der Waals surface area contributed by atoms with Crippen molar-refractivity contribution in [2.24, 2.45) is 11.7 Å². The quantitative estimate of drug-likeness (QED) is 0.663. The Morgan fingerprint density at radius 2 is 2.17 bits per heavy atom. The van der Waals surface area contributed by atoms with Gasteiger partial charge in [-0.25, -0.2) is 9.07 Å². The second kappa shape index (κ2) is 9.02. The van der Waals surface area contributed by atoms with Crippen LogP contribution < -0.4 is 15.8 Å². The molecule has 1 atom stereocenters. The fraction of sp³-hybridized carbons (Fsp3) is 0.250. The van der Waals surface area contributed by atoms with Gasteiger partial charge in [0.05, 0.1) is 23.5 Å². The molecular formula is C20H21ClFN5O2. The number of nitrogens with two attached hydrogens (primary N) is 1. The van der Waals surface area contributed by atoms with Gasteiger partial charge in [0.25, 0.3) is 0 Å². The van der Waals surface area contributed by atoms with E-state index in [1.165, 1.54) is 12.1 Å². The standard InChI is InChI=1S/C20H20FN5O2.ClH/c21-16-4-5-19-14(8-16)7-15(12-28-19)20(27)23-10-13-2-1-3-18(6-13)26-11-17(9-22)24-25-26;/h1-6,8,11,15H,7,9-10,12,22H2,(H,23,27);1H. The number of halogens is 2. The van der Waals surface area contributed by atoms with Gasteiger partial charge in [-0.1, -0.05) is 17.3 Å². The lowest BCUT2D eigenvalue weighted by Crippen LogP contribution is -2.37. The lowest BCUT2D eigenvalue weighted by Gasteiger charge is -2.24. The molecule has 3 aromatic rings. The SMILES string of the molecule is Cl.NCc1cn(-c2cccc(CNC(=O)C3COc4ccc(F)cc4C3)c2)nn1. The van der Waals surface area contributed by atoms with Crippen LogP contribution >= 0.6 is 12.4 Å². The summed E-state index contributed by atoms with van der Waals surface area (Å²) in [6.45, 7) is 0.981. The van der Waals surface area contributed by atoms with Gasteiger partial charge in [-0.2, -0.15) is 0 Å². The molecular weight excluding hydrogens is 397 g/mol. The molecule has 0 saturated heterocycles. The van der Waals surface area contributed by atoms with Crippen LogP contribution in [-0.4, -0.2) is 27.5 Å². The summed E-state index contributed by atoms with van der Waals surface area (Å²) in [4.78, 5) is 12.5. The van der Waals surface area contributed by atoms with Gasteiger partial charge in [0.15, 0.2) is 0 Å². The van der Waals surface area contributed by atoms with E-state index in [1.54, 1.807) is 16.9 Å². The van der Waals surface area contributed by atoms with E-state index < -0.39 is 0 Å². The van der Waals surface area contributed by atoms with Crippen molar-refractivity contribution < 1.29 is 13.9 Å². The number of amides is 1. The highest BCUT2D eigenvalue weighted by atomic mass is 35.5. The average Bonchev–Trinajstić information content (AvgIpc) is 3.21. The molecule has 9 heteroatoms. The van der Waals surface area contributed by atoms with Crippen LogP contribution in [0.25, 0.3) is 5.69 Å². The van der Waals surface area contributed by atoms with E-state index in [9.17, 15) is 9.18 Å². The number of nitrogens with one attached hydrogen (secondary N) is 1. The lowest BCUT2D eigenvalue weighted by atomic mass is 9.96. The van der Waals surface area contributed by atoms with Crippen molar-refractivity contribution in [1.82, 2.24) is 20.3 Å². The summed E-state index contributed by atoms with van der Waals surface area (Å²) in [5.74, 6) is -0.152. The second-order valence-corrected chi connectivity index (χ2v) is 6.71. The minimum atomic E-state index is -0.347. The van der Waals surface area contributed by atoms with Crippen molar-refractivity contribution in [3.63, 3.8) is 0 Å². The summed E-state index contributed by atoms with van der Waals surface area (Å²) in [6.07, 6.45) is 2.23. The first-order valence-electron chi connectivity index (χ1n) is 9.02. The maximum Gasteiger partial charge on any atom is 0.227 e. The van der Waals surface area contributed by atoms with Gasteiger partial charge in [0, 0.05) is 13.1 Å². The van der Waals surface area contributed by atoms with Crippen molar-refractivity contribution in [2.75, 3.05) is 6.61 Å². The molecule has 0 spiro atoms. The summed E-state index contributed by atoms with van der Waals surface area (Å²) in [6, 6.07) is 12.0. The number of aromatic nitrogens is 3. The Morgan fingerprint density at radius 3 is 2.97 bits per heavy atom. The van der Waals surface area contributed by atoms with Crippen molar-refractivity contribution >= 4 is 18.3 Å². The number of carbonyl (C=O) groups is 1. The van der Waals surface area contributed by atoms with Crippen LogP contribution in [0.5, 0.6) is 5.75 Å². The molecule has 1 aliphatic rings. The normalized spacial score (nSPS) is 15.0. The second-order valence-electron chi connectivity index (χ2n) is 6.71. The van der Waals surface area contributed by atoms with E-state index in [-0.39, 0.29) is 36.7 Å². The van der Waals surface area contributed by atoms with Gasteiger partial charge in [-0.05, 0) is 47.9 Å². The maximum absolute atomic E-state index is 13.4. The molecule has 0 aliphatic carbocycles. The fourth-order valence-corrected chi connectivity index (χ4v) is 3.19. The Bertz CT molecular complexity index is 1010. The fourth-order valence-electron chi connectivity index (χ4n) is 3.19. The predicted octanol–water partition coefficient (Wildman–Crippen LogP) is 2.15. The third-order valence-corrected chi connectivity index (χ3v) is 4.69. The number of benzene rings is 2. The summed E-state index contributed by atoms with van der Waals surface area (Å²) in [7, 11) is 0. The minimum absolute atomic E-state index is 0. The van der Waals surface area contributed by atoms with Crippen LogP contribution in [0.15, 0.2) is 48.7 Å². The highest BCUT2D eigenvalue weighted by Gasteiger charge is 2.26. The number of fused-ring (bicyclic) bond motifs is 1. The van der Waals surface area contributed by atoms with Crippen molar-refractivity contribution in [2.45, 2.75) is 19.5 Å². The van der Waals surface area contributed by atoms with Gasteiger partial charge in [0.1, 0.15) is 18.2 Å². The molecule has 0 radical (unpaired) electrons. The van der Waals surface area contributed by atoms with Crippen LogP contribution in [-0.2, 0) is 24.3 Å². The molecule has 7 nitrogen and oxygen atoms in total. The Kier molecular flexibility index (Phi) is 6.46. The summed E-state index contributed by atoms with van der Waals surface area (Å²) in [5.41, 5.74) is 8.75. The molecule has 152 valence electrons. The molecule has 4 rings (SSSR count). The first kappa shape index (κ1) is 20.8. The van der Waals surface area contributed by atoms with Gasteiger partial charge in [0.2, 0.25) is 5.91 Å². The largest absolute Gasteiger partial charge is 0.492 e. The van der Waals surface area contributed by atoms with Crippen molar-refractivity contribution in [3.8, 4) is 11.4 Å². The summed E-state index contributed by atoms with van der Waals surface area (Å²) in [5, 5.41) is 11.0. The molecule has 1 unspecified atom stereocenters. The zero-order valence-corrected chi connectivity index (χ0v) is 16.4. The molecule has 0 saturated carbocycles. The van der Waals surface area contributed by atoms with Crippen molar-refractivity contribution in [1.29, 1.82) is 0 Å². The molecule has 1 aliphatic heterocycles. The van der Waals surface area contributed by atoms with Crippen LogP contribution in [0.4, 0.5) is 4.39 Å². The van der Waals surface area contributed by atoms with Gasteiger partial charge in [-0.15, -0.1) is 17.5 Å². The topological polar surface area (TPSA) is 95.1 Å². The number of hydrogen-bond donors (Lipinski definition) is 2. The highest BCUT2D eigenvalue weighted by Crippen LogP contribution is 2.28. The molecule has 0 bridgehead atoms. The van der Waals surface area contributed by atoms with E-state index in [4.69, 9.17) is 10.5 Å². The number of carbonyl (C=O) groups excluding carboxylic acids is 1. The lowest BCUT2D eigenvalue weighted by molar-refractivity contribution is -0.126. The minimum Gasteiger partial charge on any atom is -0.492 e. The first-order valence-corrected chi connectivity index (χ1v) is 9.02. The van der Waals surface area contributed by atoms with Crippen LogP contribution in [0.1, 0.15) is 16.8 Å². The van der Waals surface area contributed by atoms with E-state index in [0.29, 0.717) is 31.0 Å². The van der Waals surface area contributed by atoms with Gasteiger partial charge >= 0.3 is 0 Å².